The van der Waals surface area contributed by atoms with Crippen molar-refractivity contribution in [3.8, 4) is 0 Å². The molecule has 0 bridgehead atoms. The lowest BCUT2D eigenvalue weighted by molar-refractivity contribution is -0.122. The molecule has 0 saturated carbocycles. The van der Waals surface area contributed by atoms with Crippen LogP contribution in [0.2, 0.25) is 5.02 Å². The van der Waals surface area contributed by atoms with Gasteiger partial charge in [0.25, 0.3) is 5.91 Å². The third kappa shape index (κ3) is 2.99. The quantitative estimate of drug-likeness (QED) is 0.669. The first kappa shape index (κ1) is 15.7. The fourth-order valence-corrected chi connectivity index (χ4v) is 2.76. The van der Waals surface area contributed by atoms with Crippen molar-refractivity contribution in [2.45, 2.75) is 20.0 Å². The first-order valence-electron chi connectivity index (χ1n) is 7.03. The van der Waals surface area contributed by atoms with E-state index in [0.29, 0.717) is 28.1 Å². The number of carbonyl (C=O) groups excluding carboxylic acids is 1. The molecule has 3 rings (SSSR count). The van der Waals surface area contributed by atoms with E-state index in [0.717, 1.165) is 12.1 Å². The normalized spacial score (nSPS) is 16.5. The van der Waals surface area contributed by atoms with Crippen LogP contribution in [0.15, 0.2) is 24.3 Å². The fraction of sp³-hybridized carbons (Fsp3) is 0.286. The van der Waals surface area contributed by atoms with Crippen LogP contribution in [0, 0.1) is 0 Å². The molecule has 0 spiro atoms. The summed E-state index contributed by atoms with van der Waals surface area (Å²) in [5.41, 5.74) is 1.94. The van der Waals surface area contributed by atoms with Crippen LogP contribution in [0.4, 0.5) is 0 Å². The molecule has 2 aromatic rings. The van der Waals surface area contributed by atoms with Gasteiger partial charge < -0.3 is 5.32 Å². The third-order valence-electron chi connectivity index (χ3n) is 3.53. The molecule has 7 nitrogen and oxygen atoms in total. The molecule has 0 unspecified atom stereocenters. The molecule has 0 aliphatic carbocycles. The van der Waals surface area contributed by atoms with Crippen LogP contribution in [0.3, 0.4) is 0 Å². The molecule has 2 aromatic heterocycles. The van der Waals surface area contributed by atoms with Gasteiger partial charge in [0.15, 0.2) is 5.11 Å². The molecular weight excluding hydrogens is 336 g/mol. The molecule has 1 aliphatic rings. The average Bonchev–Trinajstić information content (AvgIpc) is 3.18. The van der Waals surface area contributed by atoms with Crippen molar-refractivity contribution in [1.29, 1.82) is 0 Å². The predicted molar refractivity (Wildman–Crippen MR) is 90.4 cm³/mol. The van der Waals surface area contributed by atoms with Gasteiger partial charge >= 0.3 is 0 Å². The first-order valence-corrected chi connectivity index (χ1v) is 7.81. The van der Waals surface area contributed by atoms with E-state index in [-0.39, 0.29) is 5.91 Å². The Morgan fingerprint density at radius 2 is 2.17 bits per heavy atom. The molecule has 1 fully saturated rings. The predicted octanol–water partition coefficient (Wildman–Crippen LogP) is 1.55. The van der Waals surface area contributed by atoms with E-state index in [1.54, 1.807) is 28.7 Å². The second kappa shape index (κ2) is 6.13. The molecule has 0 atom stereocenters. The van der Waals surface area contributed by atoms with Gasteiger partial charge in [-0.15, -0.1) is 0 Å². The second-order valence-electron chi connectivity index (χ2n) is 5.09. The SMILES string of the molecule is CCn1cc(CN2C(=O)/C(=C\c3c(Cl)cnn3C)NC2=S)cn1. The monoisotopic (exact) mass is 350 g/mol. The van der Waals surface area contributed by atoms with Crippen LogP contribution in [0.5, 0.6) is 0 Å². The lowest BCUT2D eigenvalue weighted by Crippen LogP contribution is -2.29. The van der Waals surface area contributed by atoms with Gasteiger partial charge in [0.05, 0.1) is 29.7 Å². The first-order chi connectivity index (χ1) is 11.0. The largest absolute Gasteiger partial charge is 0.328 e. The Morgan fingerprint density at radius 3 is 2.78 bits per heavy atom. The van der Waals surface area contributed by atoms with Crippen molar-refractivity contribution in [1.82, 2.24) is 29.8 Å². The Morgan fingerprint density at radius 1 is 1.39 bits per heavy atom. The highest BCUT2D eigenvalue weighted by Crippen LogP contribution is 2.21. The van der Waals surface area contributed by atoms with Crippen LogP contribution >= 0.6 is 23.8 Å². The van der Waals surface area contributed by atoms with E-state index in [1.165, 1.54) is 11.1 Å². The number of rotatable bonds is 4. The van der Waals surface area contributed by atoms with E-state index in [1.807, 2.05) is 13.1 Å². The number of aromatic nitrogens is 4. The van der Waals surface area contributed by atoms with Crippen LogP contribution in [0.1, 0.15) is 18.2 Å². The number of halogens is 1. The van der Waals surface area contributed by atoms with Crippen molar-refractivity contribution >= 4 is 40.9 Å². The molecule has 0 radical (unpaired) electrons. The highest BCUT2D eigenvalue weighted by molar-refractivity contribution is 7.80. The van der Waals surface area contributed by atoms with Gasteiger partial charge in [-0.3, -0.25) is 19.1 Å². The zero-order chi connectivity index (χ0) is 16.6. The van der Waals surface area contributed by atoms with Gasteiger partial charge in [0.2, 0.25) is 0 Å². The summed E-state index contributed by atoms with van der Waals surface area (Å²) in [7, 11) is 1.76. The summed E-state index contributed by atoms with van der Waals surface area (Å²) in [6, 6.07) is 0. The van der Waals surface area contributed by atoms with Crippen molar-refractivity contribution in [3.63, 3.8) is 0 Å². The van der Waals surface area contributed by atoms with Gasteiger partial charge in [-0.2, -0.15) is 10.2 Å². The number of nitrogens with one attached hydrogen (secondary N) is 1. The maximum atomic E-state index is 12.6. The maximum Gasteiger partial charge on any atom is 0.276 e. The second-order valence-corrected chi connectivity index (χ2v) is 5.88. The zero-order valence-corrected chi connectivity index (χ0v) is 14.2. The van der Waals surface area contributed by atoms with Crippen molar-refractivity contribution in [2.24, 2.45) is 7.05 Å². The van der Waals surface area contributed by atoms with Gasteiger partial charge in [0.1, 0.15) is 5.70 Å². The molecule has 120 valence electrons. The minimum atomic E-state index is -0.198. The Labute approximate surface area is 143 Å². The summed E-state index contributed by atoms with van der Waals surface area (Å²) in [5.74, 6) is -0.198. The topological polar surface area (TPSA) is 68.0 Å². The summed E-state index contributed by atoms with van der Waals surface area (Å²) in [5, 5.41) is 12.0. The molecule has 0 aromatic carbocycles. The Kier molecular flexibility index (Phi) is 4.18. The summed E-state index contributed by atoms with van der Waals surface area (Å²) >= 11 is 11.3. The Balaban J connectivity index is 1.82. The van der Waals surface area contributed by atoms with Gasteiger partial charge in [-0.1, -0.05) is 11.6 Å². The van der Waals surface area contributed by atoms with Crippen LogP contribution in [0.25, 0.3) is 6.08 Å². The summed E-state index contributed by atoms with van der Waals surface area (Å²) in [6.07, 6.45) is 6.82. The summed E-state index contributed by atoms with van der Waals surface area (Å²) in [6.45, 7) is 3.16. The van der Waals surface area contributed by atoms with E-state index < -0.39 is 0 Å². The standard InChI is InChI=1S/C14H15ClN6OS/c1-3-20-7-9(5-17-20)8-21-13(22)11(18-14(21)23)4-12-10(15)6-16-19(12)2/h4-7H,3,8H2,1-2H3,(H,18,23)/b11-4+. The average molecular weight is 351 g/mol. The van der Waals surface area contributed by atoms with Crippen molar-refractivity contribution in [3.05, 3.63) is 40.6 Å². The van der Waals surface area contributed by atoms with Crippen LogP contribution < -0.4 is 5.32 Å². The molecule has 23 heavy (non-hydrogen) atoms. The van der Waals surface area contributed by atoms with Crippen LogP contribution in [-0.4, -0.2) is 35.5 Å². The lowest BCUT2D eigenvalue weighted by Gasteiger charge is -2.12. The smallest absolute Gasteiger partial charge is 0.276 e. The van der Waals surface area contributed by atoms with E-state index in [4.69, 9.17) is 23.8 Å². The third-order valence-corrected chi connectivity index (χ3v) is 4.15. The summed E-state index contributed by atoms with van der Waals surface area (Å²) < 4.78 is 3.40. The maximum absolute atomic E-state index is 12.6. The van der Waals surface area contributed by atoms with Crippen LogP contribution in [-0.2, 0) is 24.9 Å². The van der Waals surface area contributed by atoms with Gasteiger partial charge in [-0.05, 0) is 25.2 Å². The summed E-state index contributed by atoms with van der Waals surface area (Å²) in [4.78, 5) is 14.1. The zero-order valence-electron chi connectivity index (χ0n) is 12.7. The van der Waals surface area contributed by atoms with Gasteiger partial charge in [-0.25, -0.2) is 0 Å². The number of hydrogen-bond acceptors (Lipinski definition) is 4. The highest BCUT2D eigenvalue weighted by Gasteiger charge is 2.31. The number of hydrogen-bond donors (Lipinski definition) is 1. The lowest BCUT2D eigenvalue weighted by atomic mass is 10.3. The molecule has 1 amide bonds. The van der Waals surface area contributed by atoms with E-state index in [9.17, 15) is 4.79 Å². The van der Waals surface area contributed by atoms with Crippen molar-refractivity contribution < 1.29 is 4.79 Å². The van der Waals surface area contributed by atoms with E-state index >= 15 is 0 Å². The Bertz CT molecular complexity index is 789. The Hall–Kier alpha value is -2.19. The number of thiocarbonyl (C=S) groups is 1. The number of carbonyl (C=O) groups is 1. The molecule has 9 heteroatoms. The molecule has 1 aliphatic heterocycles. The molecule has 1 N–H and O–H groups in total. The number of nitrogens with zero attached hydrogens (tertiary/aromatic N) is 5. The van der Waals surface area contributed by atoms with E-state index in [2.05, 4.69) is 15.5 Å². The number of aryl methyl sites for hydroxylation is 2. The molecular formula is C14H15ClN6OS. The fourth-order valence-electron chi connectivity index (χ4n) is 2.28. The van der Waals surface area contributed by atoms with Crippen molar-refractivity contribution in [2.75, 3.05) is 0 Å². The van der Waals surface area contributed by atoms with Gasteiger partial charge in [0, 0.05) is 25.4 Å². The molecule has 3 heterocycles. The number of amides is 1. The minimum Gasteiger partial charge on any atom is -0.328 e. The molecule has 1 saturated heterocycles. The highest BCUT2D eigenvalue weighted by atomic mass is 35.5. The minimum absolute atomic E-state index is 0.198.